The summed E-state index contributed by atoms with van der Waals surface area (Å²) in [5.41, 5.74) is 2.00. The number of amides is 3. The number of aliphatic carboxylic acids is 1. The van der Waals surface area contributed by atoms with Crippen LogP contribution in [-0.2, 0) is 11.3 Å². The lowest BCUT2D eigenvalue weighted by molar-refractivity contribution is -0.136. The lowest BCUT2D eigenvalue weighted by Gasteiger charge is -2.43. The Morgan fingerprint density at radius 2 is 1.58 bits per heavy atom. The largest absolute Gasteiger partial charge is 0.508 e. The van der Waals surface area contributed by atoms with Gasteiger partial charge in [0.15, 0.2) is 0 Å². The van der Waals surface area contributed by atoms with Gasteiger partial charge < -0.3 is 25.7 Å². The van der Waals surface area contributed by atoms with Crippen LogP contribution in [-0.4, -0.2) is 45.6 Å². The molecule has 3 atom stereocenters. The first kappa shape index (κ1) is 25.5. The Hall–Kier alpha value is -3.55. The number of carboxylic acid groups (broad SMARTS) is 1. The average molecular weight is 494 g/mol. The molecule has 0 aromatic heterocycles. The van der Waals surface area contributed by atoms with Crippen molar-refractivity contribution in [3.05, 3.63) is 59.7 Å². The molecule has 2 saturated carbocycles. The fourth-order valence-electron chi connectivity index (χ4n) is 5.58. The molecule has 4 rings (SSSR count). The molecule has 8 heteroatoms. The van der Waals surface area contributed by atoms with Gasteiger partial charge in [0.1, 0.15) is 5.75 Å². The van der Waals surface area contributed by atoms with Crippen molar-refractivity contribution in [1.82, 2.24) is 10.2 Å². The van der Waals surface area contributed by atoms with Crippen molar-refractivity contribution in [2.75, 3.05) is 11.9 Å². The summed E-state index contributed by atoms with van der Waals surface area (Å²) in [6.45, 7) is 0.498. The number of nitrogens with zero attached hydrogens (tertiary/aromatic N) is 1. The number of nitrogens with one attached hydrogen (secondary N) is 2. The number of carboxylic acids is 1. The number of phenols is 1. The molecule has 36 heavy (non-hydrogen) atoms. The van der Waals surface area contributed by atoms with Gasteiger partial charge >= 0.3 is 12.0 Å². The lowest BCUT2D eigenvalue weighted by atomic mass is 9.69. The van der Waals surface area contributed by atoms with Gasteiger partial charge in [-0.15, -0.1) is 0 Å². The van der Waals surface area contributed by atoms with E-state index in [9.17, 15) is 19.5 Å². The normalized spacial score (nSPS) is 21.2. The second kappa shape index (κ2) is 11.9. The predicted molar refractivity (Wildman–Crippen MR) is 137 cm³/mol. The minimum Gasteiger partial charge on any atom is -0.508 e. The minimum absolute atomic E-state index is 0.0744. The van der Waals surface area contributed by atoms with Crippen molar-refractivity contribution < 1.29 is 24.6 Å². The third kappa shape index (κ3) is 6.77. The van der Waals surface area contributed by atoms with Gasteiger partial charge in [0.05, 0.1) is 6.42 Å². The number of rotatable bonds is 8. The first-order valence-electron chi connectivity index (χ1n) is 12.8. The van der Waals surface area contributed by atoms with E-state index >= 15 is 0 Å². The van der Waals surface area contributed by atoms with Crippen molar-refractivity contribution in [2.24, 2.45) is 11.8 Å². The third-order valence-corrected chi connectivity index (χ3v) is 7.53. The number of fused-ring (bicyclic) bond motifs is 1. The van der Waals surface area contributed by atoms with Gasteiger partial charge in [0, 0.05) is 30.4 Å². The zero-order valence-corrected chi connectivity index (χ0v) is 20.5. The number of aromatic hydroxyl groups is 1. The van der Waals surface area contributed by atoms with Crippen LogP contribution in [0.4, 0.5) is 10.5 Å². The Labute approximate surface area is 211 Å². The summed E-state index contributed by atoms with van der Waals surface area (Å²) in [5, 5.41) is 23.9. The standard InChI is InChI=1S/C28H35N3O5/c32-25-13-10-23(11-14-25)30-28(36)31(24-12-9-20-3-1-2-4-22(20)17-24)18-19-5-7-21(8-6-19)27(35)29-16-15-26(33)34/h5-8,10-11,13-14,20,22,24,32H,1-4,9,12,15-18H2,(H,29,35)(H,30,36)(H,33,34). The number of anilines is 1. The predicted octanol–water partition coefficient (Wildman–Crippen LogP) is 4.99. The SMILES string of the molecule is O=C(O)CCNC(=O)c1ccc(CN(C(=O)Nc2ccc(O)cc2)C2CCC3CCCCC3C2)cc1. The van der Waals surface area contributed by atoms with Crippen LogP contribution in [0.25, 0.3) is 0 Å². The van der Waals surface area contributed by atoms with Crippen LogP contribution in [0, 0.1) is 11.8 Å². The van der Waals surface area contributed by atoms with E-state index in [1.54, 1.807) is 36.4 Å². The van der Waals surface area contributed by atoms with E-state index in [1.165, 1.54) is 25.7 Å². The van der Waals surface area contributed by atoms with Gasteiger partial charge in [-0.3, -0.25) is 9.59 Å². The maximum atomic E-state index is 13.4. The monoisotopic (exact) mass is 493 g/mol. The second-order valence-corrected chi connectivity index (χ2v) is 9.97. The average Bonchev–Trinajstić information content (AvgIpc) is 2.88. The molecule has 0 spiro atoms. The second-order valence-electron chi connectivity index (χ2n) is 9.97. The quantitative estimate of drug-likeness (QED) is 0.386. The van der Waals surface area contributed by atoms with Crippen molar-refractivity contribution in [2.45, 2.75) is 64.0 Å². The number of hydrogen-bond donors (Lipinski definition) is 4. The molecule has 4 N–H and O–H groups in total. The topological polar surface area (TPSA) is 119 Å². The Bertz CT molecular complexity index is 1050. The molecule has 3 amide bonds. The molecule has 0 aliphatic heterocycles. The van der Waals surface area contributed by atoms with E-state index in [-0.39, 0.29) is 36.7 Å². The Balaban J connectivity index is 1.46. The van der Waals surface area contributed by atoms with Crippen molar-refractivity contribution in [1.29, 1.82) is 0 Å². The maximum Gasteiger partial charge on any atom is 0.322 e. The Kier molecular flexibility index (Phi) is 8.46. The first-order chi connectivity index (χ1) is 17.4. The number of urea groups is 1. The number of phenolic OH excluding ortho intramolecular Hbond substituents is 1. The summed E-state index contributed by atoms with van der Waals surface area (Å²) in [5.74, 6) is 0.306. The maximum absolute atomic E-state index is 13.4. The van der Waals surface area contributed by atoms with Gasteiger partial charge in [0.2, 0.25) is 0 Å². The van der Waals surface area contributed by atoms with E-state index in [1.807, 2.05) is 17.0 Å². The molecule has 2 fully saturated rings. The Morgan fingerprint density at radius 3 is 2.28 bits per heavy atom. The molecule has 2 aromatic rings. The van der Waals surface area contributed by atoms with Crippen molar-refractivity contribution >= 4 is 23.6 Å². The van der Waals surface area contributed by atoms with E-state index in [4.69, 9.17) is 5.11 Å². The molecule has 2 aliphatic rings. The fraction of sp³-hybridized carbons (Fsp3) is 0.464. The molecule has 0 saturated heterocycles. The highest BCUT2D eigenvalue weighted by atomic mass is 16.4. The zero-order valence-electron chi connectivity index (χ0n) is 20.5. The molecule has 0 heterocycles. The molecule has 2 aromatic carbocycles. The number of benzene rings is 2. The van der Waals surface area contributed by atoms with Crippen molar-refractivity contribution in [3.8, 4) is 5.75 Å². The summed E-state index contributed by atoms with van der Waals surface area (Å²) < 4.78 is 0. The van der Waals surface area contributed by atoms with Crippen LogP contribution in [0.1, 0.15) is 67.3 Å². The van der Waals surface area contributed by atoms with Crippen LogP contribution in [0.2, 0.25) is 0 Å². The molecule has 3 unspecified atom stereocenters. The van der Waals surface area contributed by atoms with E-state index in [2.05, 4.69) is 10.6 Å². The zero-order chi connectivity index (χ0) is 25.5. The highest BCUT2D eigenvalue weighted by Crippen LogP contribution is 2.42. The summed E-state index contributed by atoms with van der Waals surface area (Å²) in [6.07, 6.45) is 8.13. The summed E-state index contributed by atoms with van der Waals surface area (Å²) >= 11 is 0. The van der Waals surface area contributed by atoms with Gasteiger partial charge in [-0.2, -0.15) is 0 Å². The first-order valence-corrected chi connectivity index (χ1v) is 12.8. The van der Waals surface area contributed by atoms with Gasteiger partial charge in [-0.05, 0) is 73.1 Å². The molecule has 192 valence electrons. The van der Waals surface area contributed by atoms with Crippen LogP contribution < -0.4 is 10.6 Å². The van der Waals surface area contributed by atoms with Gasteiger partial charge in [-0.1, -0.05) is 37.8 Å². The number of hydrogen-bond acceptors (Lipinski definition) is 4. The van der Waals surface area contributed by atoms with Crippen LogP contribution in [0.5, 0.6) is 5.75 Å². The fourth-order valence-corrected chi connectivity index (χ4v) is 5.58. The van der Waals surface area contributed by atoms with Crippen molar-refractivity contribution in [3.63, 3.8) is 0 Å². The Morgan fingerprint density at radius 1 is 0.889 bits per heavy atom. The highest BCUT2D eigenvalue weighted by Gasteiger charge is 2.36. The van der Waals surface area contributed by atoms with E-state index in [0.29, 0.717) is 23.7 Å². The molecule has 0 radical (unpaired) electrons. The van der Waals surface area contributed by atoms with Crippen LogP contribution in [0.15, 0.2) is 48.5 Å². The number of carbonyl (C=O) groups is 3. The lowest BCUT2D eigenvalue weighted by Crippen LogP contribution is -2.46. The third-order valence-electron chi connectivity index (χ3n) is 7.53. The van der Waals surface area contributed by atoms with E-state index < -0.39 is 5.97 Å². The molecule has 8 nitrogen and oxygen atoms in total. The molecule has 0 bridgehead atoms. The van der Waals surface area contributed by atoms with Gasteiger partial charge in [0.25, 0.3) is 5.91 Å². The summed E-state index contributed by atoms with van der Waals surface area (Å²) in [7, 11) is 0. The van der Waals surface area contributed by atoms with Crippen LogP contribution in [0.3, 0.4) is 0 Å². The van der Waals surface area contributed by atoms with Gasteiger partial charge in [-0.25, -0.2) is 4.79 Å². The summed E-state index contributed by atoms with van der Waals surface area (Å²) in [6, 6.07) is 13.5. The minimum atomic E-state index is -0.960. The molecular formula is C28H35N3O5. The summed E-state index contributed by atoms with van der Waals surface area (Å²) in [4.78, 5) is 38.3. The smallest absolute Gasteiger partial charge is 0.322 e. The molecule has 2 aliphatic carbocycles. The number of carbonyl (C=O) groups excluding carboxylic acids is 2. The highest BCUT2D eigenvalue weighted by molar-refractivity contribution is 5.94. The van der Waals surface area contributed by atoms with Crippen LogP contribution >= 0.6 is 0 Å². The van der Waals surface area contributed by atoms with E-state index in [0.717, 1.165) is 30.7 Å². The molecular weight excluding hydrogens is 458 g/mol.